The van der Waals surface area contributed by atoms with Crippen LogP contribution in [-0.2, 0) is 16.1 Å². The molecule has 0 spiro atoms. The number of alkyl halides is 1. The third kappa shape index (κ3) is 4.25. The zero-order valence-corrected chi connectivity index (χ0v) is 16.3. The molecule has 1 aromatic heterocycles. The minimum atomic E-state index is -1.06. The summed E-state index contributed by atoms with van der Waals surface area (Å²) in [6.07, 6.45) is -0.764. The number of imidazole rings is 1. The summed E-state index contributed by atoms with van der Waals surface area (Å²) in [4.78, 5) is 21.0. The smallest absolute Gasteiger partial charge is 0.242 e. The predicted molar refractivity (Wildman–Crippen MR) is 104 cm³/mol. The fourth-order valence-corrected chi connectivity index (χ4v) is 3.51. The number of rotatable bonds is 7. The molecule has 1 amide bonds. The lowest BCUT2D eigenvalue weighted by molar-refractivity contribution is -0.132. The van der Waals surface area contributed by atoms with Crippen LogP contribution in [0.5, 0.6) is 0 Å². The quantitative estimate of drug-likeness (QED) is 0.770. The lowest BCUT2D eigenvalue weighted by Gasteiger charge is -2.34. The Balaban J connectivity index is 1.94. The van der Waals surface area contributed by atoms with Gasteiger partial charge in [0.1, 0.15) is 18.5 Å². The third-order valence-electron chi connectivity index (χ3n) is 5.14. The van der Waals surface area contributed by atoms with E-state index in [1.165, 1.54) is 12.1 Å². The molecule has 3 rings (SSSR count). The van der Waals surface area contributed by atoms with Gasteiger partial charge < -0.3 is 24.8 Å². The number of ether oxygens (including phenoxy) is 1. The normalized spacial score (nSPS) is 20.0. The minimum Gasteiger partial charge on any atom is -0.383 e. The zero-order valence-electron chi connectivity index (χ0n) is 16.3. The van der Waals surface area contributed by atoms with E-state index in [9.17, 15) is 13.6 Å². The molecular weight excluding hydrogens is 368 g/mol. The van der Waals surface area contributed by atoms with E-state index in [2.05, 4.69) is 4.98 Å². The second-order valence-electron chi connectivity index (χ2n) is 7.01. The number of likely N-dealkylation sites (N-methyl/N-ethyl adjacent to an activating group) is 1. The largest absolute Gasteiger partial charge is 0.383 e. The van der Waals surface area contributed by atoms with Gasteiger partial charge in [0.15, 0.2) is 0 Å². The van der Waals surface area contributed by atoms with Crippen LogP contribution in [0.2, 0.25) is 0 Å². The number of hydrogen-bond acceptors (Lipinski definition) is 5. The highest BCUT2D eigenvalue weighted by Gasteiger charge is 2.30. The van der Waals surface area contributed by atoms with Crippen LogP contribution in [-0.4, -0.2) is 72.5 Å². The summed E-state index contributed by atoms with van der Waals surface area (Å²) in [5.41, 5.74) is 7.01. The summed E-state index contributed by atoms with van der Waals surface area (Å²) in [7, 11) is 1.58. The average Bonchev–Trinajstić information content (AvgIpc) is 3.02. The van der Waals surface area contributed by atoms with Crippen molar-refractivity contribution in [3.8, 4) is 0 Å². The van der Waals surface area contributed by atoms with Crippen LogP contribution >= 0.6 is 0 Å². The van der Waals surface area contributed by atoms with Crippen LogP contribution in [0, 0.1) is 5.82 Å². The van der Waals surface area contributed by atoms with Crippen molar-refractivity contribution in [1.29, 1.82) is 0 Å². The van der Waals surface area contributed by atoms with Gasteiger partial charge in [0.05, 0.1) is 23.7 Å². The highest BCUT2D eigenvalue weighted by atomic mass is 19.1. The summed E-state index contributed by atoms with van der Waals surface area (Å²) in [6, 6.07) is 3.66. The second kappa shape index (κ2) is 8.83. The Labute approximate surface area is 163 Å². The molecule has 154 valence electrons. The minimum absolute atomic E-state index is 0.0115. The SMILES string of the molecule is CCN(CCOC)C(=O)Cn1c(N2CC[C@@H](F)[C@H](N)C2)nc2ccc(F)cc21. The van der Waals surface area contributed by atoms with Crippen molar-refractivity contribution in [1.82, 2.24) is 14.5 Å². The van der Waals surface area contributed by atoms with E-state index in [0.29, 0.717) is 56.2 Å². The molecule has 1 saturated heterocycles. The van der Waals surface area contributed by atoms with E-state index < -0.39 is 18.0 Å². The zero-order chi connectivity index (χ0) is 20.3. The predicted octanol–water partition coefficient (Wildman–Crippen LogP) is 1.55. The highest BCUT2D eigenvalue weighted by Crippen LogP contribution is 2.26. The Morgan fingerprint density at radius 3 is 2.93 bits per heavy atom. The molecule has 0 radical (unpaired) electrons. The van der Waals surface area contributed by atoms with Crippen LogP contribution in [0.1, 0.15) is 13.3 Å². The summed E-state index contributed by atoms with van der Waals surface area (Å²) in [5, 5.41) is 0. The number of benzene rings is 1. The van der Waals surface area contributed by atoms with Crippen molar-refractivity contribution in [2.75, 3.05) is 44.8 Å². The molecule has 0 aliphatic carbocycles. The third-order valence-corrected chi connectivity index (χ3v) is 5.14. The van der Waals surface area contributed by atoms with Crippen molar-refractivity contribution >= 4 is 22.9 Å². The molecule has 0 unspecified atom stereocenters. The molecule has 1 aromatic carbocycles. The summed E-state index contributed by atoms with van der Waals surface area (Å²) < 4.78 is 34.4. The van der Waals surface area contributed by atoms with Crippen LogP contribution in [0.15, 0.2) is 18.2 Å². The number of carbonyl (C=O) groups is 1. The maximum atomic E-state index is 13.9. The molecule has 2 aromatic rings. The lowest BCUT2D eigenvalue weighted by atomic mass is 10.1. The van der Waals surface area contributed by atoms with Gasteiger partial charge in [-0.3, -0.25) is 4.79 Å². The van der Waals surface area contributed by atoms with Crippen LogP contribution in [0.3, 0.4) is 0 Å². The average molecular weight is 395 g/mol. The number of anilines is 1. The first-order chi connectivity index (χ1) is 13.4. The van der Waals surface area contributed by atoms with E-state index in [1.54, 1.807) is 22.6 Å². The van der Waals surface area contributed by atoms with Gasteiger partial charge in [-0.05, 0) is 31.5 Å². The molecule has 2 N–H and O–H groups in total. The molecule has 9 heteroatoms. The summed E-state index contributed by atoms with van der Waals surface area (Å²) in [6.45, 7) is 4.09. The Bertz CT molecular complexity index is 828. The molecule has 0 bridgehead atoms. The van der Waals surface area contributed by atoms with Gasteiger partial charge in [0, 0.05) is 33.3 Å². The van der Waals surface area contributed by atoms with Crippen LogP contribution in [0.4, 0.5) is 14.7 Å². The van der Waals surface area contributed by atoms with E-state index in [0.717, 1.165) is 0 Å². The van der Waals surface area contributed by atoms with E-state index in [1.807, 2.05) is 11.8 Å². The molecule has 2 atom stereocenters. The fraction of sp³-hybridized carbons (Fsp3) is 0.579. The molecular formula is C19H27F2N5O2. The number of nitrogens with two attached hydrogens (primary N) is 1. The van der Waals surface area contributed by atoms with Crippen LogP contribution in [0.25, 0.3) is 11.0 Å². The van der Waals surface area contributed by atoms with Gasteiger partial charge in [0.25, 0.3) is 0 Å². The van der Waals surface area contributed by atoms with Gasteiger partial charge >= 0.3 is 0 Å². The number of hydrogen-bond donors (Lipinski definition) is 1. The van der Waals surface area contributed by atoms with Gasteiger partial charge in [-0.2, -0.15) is 0 Å². The van der Waals surface area contributed by atoms with Gasteiger partial charge in [-0.15, -0.1) is 0 Å². The number of methoxy groups -OCH3 is 1. The topological polar surface area (TPSA) is 76.6 Å². The molecule has 7 nitrogen and oxygen atoms in total. The number of piperidine rings is 1. The Morgan fingerprint density at radius 2 is 2.25 bits per heavy atom. The summed E-state index contributed by atoms with van der Waals surface area (Å²) >= 11 is 0. The first-order valence-corrected chi connectivity index (χ1v) is 9.51. The number of aromatic nitrogens is 2. The van der Waals surface area contributed by atoms with E-state index in [-0.39, 0.29) is 12.5 Å². The first kappa shape index (κ1) is 20.5. The van der Waals surface area contributed by atoms with Crippen molar-refractivity contribution in [2.24, 2.45) is 5.73 Å². The second-order valence-corrected chi connectivity index (χ2v) is 7.01. The summed E-state index contributed by atoms with van der Waals surface area (Å²) in [5.74, 6) is -0.00770. The molecule has 0 saturated carbocycles. The van der Waals surface area contributed by atoms with Gasteiger partial charge in [-0.25, -0.2) is 13.8 Å². The fourth-order valence-electron chi connectivity index (χ4n) is 3.51. The number of amides is 1. The molecule has 28 heavy (non-hydrogen) atoms. The standard InChI is InChI=1S/C19H27F2N5O2/c1-3-24(8-9-28-2)18(27)12-26-17-10-13(20)4-5-16(17)23-19(26)25-7-6-14(21)15(22)11-25/h4-5,10,14-15H,3,6-9,11-12,22H2,1-2H3/t14-,15-/m1/s1. The number of carbonyl (C=O) groups excluding carboxylic acids is 1. The molecule has 1 aliphatic rings. The van der Waals surface area contributed by atoms with Crippen LogP contribution < -0.4 is 10.6 Å². The number of nitrogens with zero attached hydrogens (tertiary/aromatic N) is 4. The Hall–Kier alpha value is -2.26. The Kier molecular flexibility index (Phi) is 6.46. The number of halogens is 2. The monoisotopic (exact) mass is 395 g/mol. The Morgan fingerprint density at radius 1 is 1.46 bits per heavy atom. The van der Waals surface area contributed by atoms with Crippen molar-refractivity contribution in [3.05, 3.63) is 24.0 Å². The van der Waals surface area contributed by atoms with Crippen molar-refractivity contribution < 1.29 is 18.3 Å². The highest BCUT2D eigenvalue weighted by molar-refractivity contribution is 5.83. The first-order valence-electron chi connectivity index (χ1n) is 9.51. The molecule has 1 fully saturated rings. The maximum absolute atomic E-state index is 13.9. The van der Waals surface area contributed by atoms with Gasteiger partial charge in [-0.1, -0.05) is 0 Å². The maximum Gasteiger partial charge on any atom is 0.242 e. The molecule has 2 heterocycles. The number of fused-ring (bicyclic) bond motifs is 1. The van der Waals surface area contributed by atoms with Crippen molar-refractivity contribution in [3.63, 3.8) is 0 Å². The van der Waals surface area contributed by atoms with Gasteiger partial charge in [0.2, 0.25) is 11.9 Å². The van der Waals surface area contributed by atoms with E-state index in [4.69, 9.17) is 10.5 Å². The van der Waals surface area contributed by atoms with Crippen molar-refractivity contribution in [2.45, 2.75) is 32.1 Å². The lowest BCUT2D eigenvalue weighted by Crippen LogP contribution is -2.50. The van der Waals surface area contributed by atoms with E-state index >= 15 is 0 Å². The molecule has 1 aliphatic heterocycles.